The summed E-state index contributed by atoms with van der Waals surface area (Å²) in [5, 5.41) is 0. The quantitative estimate of drug-likeness (QED) is 0.764. The molecule has 1 aliphatic heterocycles. The molecule has 1 aromatic rings. The summed E-state index contributed by atoms with van der Waals surface area (Å²) in [6, 6.07) is 4.90. The van der Waals surface area contributed by atoms with Crippen molar-refractivity contribution in [3.8, 4) is 0 Å². The number of carbonyl (C=O) groups excluding carboxylic acids is 1. The summed E-state index contributed by atoms with van der Waals surface area (Å²) < 4.78 is 20.2. The molecule has 1 aromatic carbocycles. The van der Waals surface area contributed by atoms with Gasteiger partial charge in [-0.2, -0.15) is 0 Å². The van der Waals surface area contributed by atoms with Crippen molar-refractivity contribution in [2.45, 2.75) is 37.7 Å². The molecule has 0 bridgehead atoms. The molecule has 0 aromatic heterocycles. The first kappa shape index (κ1) is 13.3. The molecule has 0 amide bonds. The van der Waals surface area contributed by atoms with E-state index in [1.165, 1.54) is 6.42 Å². The summed E-state index contributed by atoms with van der Waals surface area (Å²) in [4.78, 5) is 12.5. The second-order valence-electron chi connectivity index (χ2n) is 5.54. The number of Topliss-reactive ketones (excluding diaryl/α,β-unsaturated/α-hetero) is 1. The minimum Gasteiger partial charge on any atom is -0.375 e. The fourth-order valence-corrected chi connectivity index (χ4v) is 3.45. The molecule has 1 saturated heterocycles. The fourth-order valence-electron chi connectivity index (χ4n) is 3.09. The maximum atomic E-state index is 14.0. The van der Waals surface area contributed by atoms with Crippen molar-refractivity contribution in [1.82, 2.24) is 0 Å². The maximum absolute atomic E-state index is 14.0. The van der Waals surface area contributed by atoms with E-state index in [9.17, 15) is 9.18 Å². The Morgan fingerprint density at radius 3 is 2.89 bits per heavy atom. The van der Waals surface area contributed by atoms with Crippen molar-refractivity contribution in [2.75, 3.05) is 6.61 Å². The number of carbonyl (C=O) groups is 1. The second kappa shape index (κ2) is 4.98. The molecule has 3 rings (SSSR count). The van der Waals surface area contributed by atoms with Crippen LogP contribution in [0.1, 0.15) is 42.5 Å². The number of hydrogen-bond acceptors (Lipinski definition) is 2. The van der Waals surface area contributed by atoms with Gasteiger partial charge < -0.3 is 4.74 Å². The highest BCUT2D eigenvalue weighted by Gasteiger charge is 2.44. The molecular formula is C15H16BrFO2. The van der Waals surface area contributed by atoms with Crippen LogP contribution in [-0.2, 0) is 4.74 Å². The highest BCUT2D eigenvalue weighted by molar-refractivity contribution is 9.10. The summed E-state index contributed by atoms with van der Waals surface area (Å²) in [7, 11) is 0. The van der Waals surface area contributed by atoms with Crippen molar-refractivity contribution >= 4 is 21.7 Å². The second-order valence-corrected chi connectivity index (χ2v) is 6.39. The lowest BCUT2D eigenvalue weighted by atomic mass is 9.70. The minimum absolute atomic E-state index is 0.0756. The van der Waals surface area contributed by atoms with E-state index in [4.69, 9.17) is 4.74 Å². The van der Waals surface area contributed by atoms with E-state index >= 15 is 0 Å². The number of ether oxygens (including phenoxy) is 1. The van der Waals surface area contributed by atoms with Gasteiger partial charge in [0.1, 0.15) is 5.82 Å². The first-order valence-corrected chi connectivity index (χ1v) is 7.53. The summed E-state index contributed by atoms with van der Waals surface area (Å²) in [5.41, 5.74) is 0.122. The zero-order chi connectivity index (χ0) is 13.5. The van der Waals surface area contributed by atoms with Crippen LogP contribution in [0.5, 0.6) is 0 Å². The summed E-state index contributed by atoms with van der Waals surface area (Å²) in [6.07, 6.45) is 4.70. The standard InChI is InChI=1S/C15H16BrFO2/c16-12-4-1-3-11(13(12)17)14(18)10-5-8-19-15(9-10)6-2-7-15/h1,3-4,10H,2,5-9H2. The lowest BCUT2D eigenvalue weighted by Gasteiger charge is -2.46. The molecule has 1 spiro atoms. The van der Waals surface area contributed by atoms with E-state index < -0.39 is 5.82 Å². The molecule has 1 heterocycles. The Balaban J connectivity index is 1.81. The fraction of sp³-hybridized carbons (Fsp3) is 0.533. The molecule has 1 saturated carbocycles. The molecule has 19 heavy (non-hydrogen) atoms. The van der Waals surface area contributed by atoms with Crippen LogP contribution in [0, 0.1) is 11.7 Å². The van der Waals surface area contributed by atoms with Crippen LogP contribution in [-0.4, -0.2) is 18.0 Å². The monoisotopic (exact) mass is 326 g/mol. The molecule has 1 atom stereocenters. The normalized spacial score (nSPS) is 25.1. The van der Waals surface area contributed by atoms with Gasteiger partial charge in [0.2, 0.25) is 0 Å². The molecule has 2 nitrogen and oxygen atoms in total. The SMILES string of the molecule is O=C(c1cccc(Br)c1F)C1CCOC2(CCC2)C1. The summed E-state index contributed by atoms with van der Waals surface area (Å²) in [6.45, 7) is 0.617. The lowest BCUT2D eigenvalue weighted by molar-refractivity contribution is -0.137. The Hall–Kier alpha value is -0.740. The molecular weight excluding hydrogens is 311 g/mol. The Kier molecular flexibility index (Phi) is 3.48. The third kappa shape index (κ3) is 2.36. The van der Waals surface area contributed by atoms with Gasteiger partial charge in [-0.25, -0.2) is 4.39 Å². The van der Waals surface area contributed by atoms with E-state index in [1.807, 2.05) is 0 Å². The zero-order valence-corrected chi connectivity index (χ0v) is 12.2. The van der Waals surface area contributed by atoms with Gasteiger partial charge in [0.05, 0.1) is 15.6 Å². The van der Waals surface area contributed by atoms with Gasteiger partial charge in [0.25, 0.3) is 0 Å². The predicted octanol–water partition coefficient (Wildman–Crippen LogP) is 4.12. The molecule has 1 unspecified atom stereocenters. The number of benzene rings is 1. The van der Waals surface area contributed by atoms with Gasteiger partial charge >= 0.3 is 0 Å². The van der Waals surface area contributed by atoms with Gasteiger partial charge in [-0.05, 0) is 60.2 Å². The predicted molar refractivity (Wildman–Crippen MR) is 73.7 cm³/mol. The van der Waals surface area contributed by atoms with Crippen LogP contribution in [0.2, 0.25) is 0 Å². The largest absolute Gasteiger partial charge is 0.375 e. The highest BCUT2D eigenvalue weighted by atomic mass is 79.9. The number of halogens is 2. The molecule has 0 radical (unpaired) electrons. The average molecular weight is 327 g/mol. The van der Waals surface area contributed by atoms with Gasteiger partial charge in [-0.3, -0.25) is 4.79 Å². The molecule has 1 aliphatic carbocycles. The van der Waals surface area contributed by atoms with E-state index in [-0.39, 0.29) is 22.9 Å². The van der Waals surface area contributed by atoms with Gasteiger partial charge in [-0.15, -0.1) is 0 Å². The van der Waals surface area contributed by atoms with Crippen molar-refractivity contribution in [2.24, 2.45) is 5.92 Å². The van der Waals surface area contributed by atoms with E-state index in [0.29, 0.717) is 17.5 Å². The Morgan fingerprint density at radius 1 is 1.42 bits per heavy atom. The van der Waals surface area contributed by atoms with Gasteiger partial charge in [0.15, 0.2) is 5.78 Å². The Morgan fingerprint density at radius 2 is 2.21 bits per heavy atom. The van der Waals surface area contributed by atoms with E-state index in [1.54, 1.807) is 18.2 Å². The highest BCUT2D eigenvalue weighted by Crippen LogP contribution is 2.45. The Bertz CT molecular complexity index is 511. The zero-order valence-electron chi connectivity index (χ0n) is 10.6. The van der Waals surface area contributed by atoms with Crippen LogP contribution >= 0.6 is 15.9 Å². The molecule has 102 valence electrons. The maximum Gasteiger partial charge on any atom is 0.169 e. The van der Waals surface area contributed by atoms with Gasteiger partial charge in [-0.1, -0.05) is 6.07 Å². The van der Waals surface area contributed by atoms with Crippen LogP contribution in [0.15, 0.2) is 22.7 Å². The average Bonchev–Trinajstić information content (AvgIpc) is 2.39. The lowest BCUT2D eigenvalue weighted by Crippen LogP contribution is -2.47. The van der Waals surface area contributed by atoms with Gasteiger partial charge in [0, 0.05) is 12.5 Å². The smallest absolute Gasteiger partial charge is 0.169 e. The van der Waals surface area contributed by atoms with Crippen LogP contribution in [0.25, 0.3) is 0 Å². The van der Waals surface area contributed by atoms with Crippen molar-refractivity contribution in [3.63, 3.8) is 0 Å². The Labute approximate surface area is 120 Å². The molecule has 4 heteroatoms. The van der Waals surface area contributed by atoms with Crippen LogP contribution < -0.4 is 0 Å². The number of ketones is 1. The summed E-state index contributed by atoms with van der Waals surface area (Å²) >= 11 is 3.13. The topological polar surface area (TPSA) is 26.3 Å². The third-order valence-corrected chi connectivity index (χ3v) is 4.96. The number of rotatable bonds is 2. The molecule has 2 aliphatic rings. The van der Waals surface area contributed by atoms with Crippen molar-refractivity contribution in [3.05, 3.63) is 34.1 Å². The molecule has 0 N–H and O–H groups in total. The van der Waals surface area contributed by atoms with Crippen molar-refractivity contribution < 1.29 is 13.9 Å². The first-order chi connectivity index (χ1) is 9.11. The minimum atomic E-state index is -0.443. The van der Waals surface area contributed by atoms with E-state index in [2.05, 4.69) is 15.9 Å². The van der Waals surface area contributed by atoms with Crippen molar-refractivity contribution in [1.29, 1.82) is 0 Å². The van der Waals surface area contributed by atoms with Crippen LogP contribution in [0.4, 0.5) is 4.39 Å². The third-order valence-electron chi connectivity index (χ3n) is 4.35. The summed E-state index contributed by atoms with van der Waals surface area (Å²) in [5.74, 6) is -0.618. The first-order valence-electron chi connectivity index (χ1n) is 6.73. The van der Waals surface area contributed by atoms with E-state index in [0.717, 1.165) is 19.3 Å². The molecule has 2 fully saturated rings. The van der Waals surface area contributed by atoms with Crippen LogP contribution in [0.3, 0.4) is 0 Å². The number of hydrogen-bond donors (Lipinski definition) is 0.